The minimum absolute atomic E-state index is 0.00499. The maximum Gasteiger partial charge on any atom is 0.266 e. The van der Waals surface area contributed by atoms with Crippen LogP contribution in [0, 0.1) is 4.77 Å². The largest absolute Gasteiger partial charge is 0.331 e. The van der Waals surface area contributed by atoms with Crippen molar-refractivity contribution in [2.24, 2.45) is 0 Å². The standard InChI is InChI=1S/C25H20N4O3S/c1-15(30)28-12-11-16-13-18(8-10-22(16)28)26-23(31)17-7-9-20-21(14-17)27-25(33)29(24(20)32)19-5-3-2-4-6-19/h2-10,13-14H,11-12H2,1H3,(H,26,31)(H,27,33). The molecule has 3 aromatic carbocycles. The van der Waals surface area contributed by atoms with Gasteiger partial charge in [0.1, 0.15) is 0 Å². The Bertz CT molecular complexity index is 1540. The number of nitrogens with zero attached hydrogens (tertiary/aromatic N) is 2. The molecule has 0 saturated heterocycles. The van der Waals surface area contributed by atoms with Crippen LogP contribution in [-0.2, 0) is 11.2 Å². The summed E-state index contributed by atoms with van der Waals surface area (Å²) in [7, 11) is 0. The van der Waals surface area contributed by atoms with E-state index < -0.39 is 0 Å². The first kappa shape index (κ1) is 20.8. The quantitative estimate of drug-likeness (QED) is 0.452. The maximum absolute atomic E-state index is 13.1. The van der Waals surface area contributed by atoms with Gasteiger partial charge >= 0.3 is 0 Å². The predicted molar refractivity (Wildman–Crippen MR) is 131 cm³/mol. The summed E-state index contributed by atoms with van der Waals surface area (Å²) >= 11 is 5.42. The van der Waals surface area contributed by atoms with E-state index in [1.165, 1.54) is 4.57 Å². The monoisotopic (exact) mass is 456 g/mol. The van der Waals surface area contributed by atoms with E-state index in [-0.39, 0.29) is 22.1 Å². The first-order valence-corrected chi connectivity index (χ1v) is 10.9. The molecular weight excluding hydrogens is 436 g/mol. The van der Waals surface area contributed by atoms with E-state index in [1.54, 1.807) is 36.1 Å². The number of benzene rings is 3. The molecule has 1 aliphatic rings. The maximum atomic E-state index is 13.1. The summed E-state index contributed by atoms with van der Waals surface area (Å²) in [6.45, 7) is 2.19. The summed E-state index contributed by atoms with van der Waals surface area (Å²) in [5, 5.41) is 3.33. The third kappa shape index (κ3) is 3.74. The van der Waals surface area contributed by atoms with Crippen molar-refractivity contribution in [2.75, 3.05) is 16.8 Å². The minimum Gasteiger partial charge on any atom is -0.331 e. The molecule has 0 fully saturated rings. The molecule has 0 spiro atoms. The van der Waals surface area contributed by atoms with E-state index >= 15 is 0 Å². The van der Waals surface area contributed by atoms with E-state index in [9.17, 15) is 14.4 Å². The van der Waals surface area contributed by atoms with Gasteiger partial charge in [-0.2, -0.15) is 0 Å². The van der Waals surface area contributed by atoms with Crippen LogP contribution in [0.3, 0.4) is 0 Å². The fourth-order valence-electron chi connectivity index (χ4n) is 4.18. The average molecular weight is 457 g/mol. The van der Waals surface area contributed by atoms with Crippen LogP contribution in [0.1, 0.15) is 22.8 Å². The number of nitrogens with one attached hydrogen (secondary N) is 2. The lowest BCUT2D eigenvalue weighted by Crippen LogP contribution is -2.25. The number of aromatic nitrogens is 2. The molecule has 5 rings (SSSR count). The van der Waals surface area contributed by atoms with Crippen LogP contribution in [0.4, 0.5) is 11.4 Å². The van der Waals surface area contributed by atoms with Crippen molar-refractivity contribution in [3.05, 3.63) is 93.0 Å². The lowest BCUT2D eigenvalue weighted by molar-refractivity contribution is -0.116. The normalized spacial score (nSPS) is 12.6. The van der Waals surface area contributed by atoms with E-state index in [0.717, 1.165) is 17.7 Å². The van der Waals surface area contributed by atoms with Crippen LogP contribution < -0.4 is 15.8 Å². The molecule has 4 aromatic rings. The molecular formula is C25H20N4O3S. The average Bonchev–Trinajstić information content (AvgIpc) is 3.23. The highest BCUT2D eigenvalue weighted by molar-refractivity contribution is 7.71. The van der Waals surface area contributed by atoms with Gasteiger partial charge in [-0.3, -0.25) is 19.0 Å². The number of anilines is 2. The number of carbonyl (C=O) groups excluding carboxylic acids is 2. The zero-order chi connectivity index (χ0) is 23.1. The van der Waals surface area contributed by atoms with E-state index in [0.29, 0.717) is 34.4 Å². The number of H-pyrrole nitrogens is 1. The molecule has 0 atom stereocenters. The van der Waals surface area contributed by atoms with Crippen LogP contribution in [0.2, 0.25) is 0 Å². The molecule has 7 nitrogen and oxygen atoms in total. The number of carbonyl (C=O) groups is 2. The second-order valence-corrected chi connectivity index (χ2v) is 8.27. The van der Waals surface area contributed by atoms with Crippen LogP contribution in [0.5, 0.6) is 0 Å². The molecule has 2 amide bonds. The molecule has 0 bridgehead atoms. The predicted octanol–water partition coefficient (Wildman–Crippen LogP) is 4.21. The summed E-state index contributed by atoms with van der Waals surface area (Å²) < 4.78 is 1.69. The highest BCUT2D eigenvalue weighted by Crippen LogP contribution is 2.30. The topological polar surface area (TPSA) is 87.2 Å². The number of fused-ring (bicyclic) bond motifs is 2. The van der Waals surface area contributed by atoms with Gasteiger partial charge in [0.05, 0.1) is 16.6 Å². The Kier molecular flexibility index (Phi) is 5.14. The van der Waals surface area contributed by atoms with Crippen molar-refractivity contribution < 1.29 is 9.59 Å². The molecule has 2 heterocycles. The van der Waals surface area contributed by atoms with Gasteiger partial charge in [-0.15, -0.1) is 0 Å². The molecule has 2 N–H and O–H groups in total. The molecule has 0 aliphatic carbocycles. The van der Waals surface area contributed by atoms with Crippen LogP contribution in [0.15, 0.2) is 71.5 Å². The molecule has 1 aliphatic heterocycles. The fourth-order valence-corrected chi connectivity index (χ4v) is 4.48. The smallest absolute Gasteiger partial charge is 0.266 e. The Labute approximate surface area is 194 Å². The van der Waals surface area contributed by atoms with Crippen LogP contribution in [0.25, 0.3) is 16.6 Å². The van der Waals surface area contributed by atoms with Crippen molar-refractivity contribution in [1.82, 2.24) is 9.55 Å². The Balaban J connectivity index is 1.45. The summed E-state index contributed by atoms with van der Waals surface area (Å²) in [6.07, 6.45) is 0.749. The highest BCUT2D eigenvalue weighted by atomic mass is 32.1. The summed E-state index contributed by atoms with van der Waals surface area (Å²) in [5.41, 5.74) is 3.87. The Morgan fingerprint density at radius 2 is 1.82 bits per heavy atom. The third-order valence-corrected chi connectivity index (χ3v) is 6.07. The molecule has 0 saturated carbocycles. The number of para-hydroxylation sites is 1. The molecule has 164 valence electrons. The van der Waals surface area contributed by atoms with Gasteiger partial charge in [-0.25, -0.2) is 0 Å². The SMILES string of the molecule is CC(=O)N1CCc2cc(NC(=O)c3ccc4c(=O)n(-c5ccccc5)c(=S)[nH]c4c3)ccc21. The lowest BCUT2D eigenvalue weighted by Gasteiger charge is -2.15. The summed E-state index contributed by atoms with van der Waals surface area (Å²) in [5.74, 6) is -0.296. The number of aromatic amines is 1. The molecule has 1 aromatic heterocycles. The first-order valence-electron chi connectivity index (χ1n) is 10.5. The number of hydrogen-bond acceptors (Lipinski definition) is 4. The summed E-state index contributed by atoms with van der Waals surface area (Å²) in [6, 6.07) is 19.6. The molecule has 0 radical (unpaired) electrons. The Morgan fingerprint density at radius 1 is 1.03 bits per heavy atom. The van der Waals surface area contributed by atoms with Gasteiger partial charge in [-0.05, 0) is 72.7 Å². The number of amides is 2. The van der Waals surface area contributed by atoms with Crippen LogP contribution in [-0.4, -0.2) is 27.9 Å². The van der Waals surface area contributed by atoms with Crippen molar-refractivity contribution in [3.8, 4) is 5.69 Å². The van der Waals surface area contributed by atoms with Gasteiger partial charge in [-0.1, -0.05) is 18.2 Å². The number of rotatable bonds is 3. The van der Waals surface area contributed by atoms with Gasteiger partial charge < -0.3 is 15.2 Å². The van der Waals surface area contributed by atoms with E-state index in [2.05, 4.69) is 10.3 Å². The van der Waals surface area contributed by atoms with Crippen molar-refractivity contribution in [2.45, 2.75) is 13.3 Å². The summed E-state index contributed by atoms with van der Waals surface area (Å²) in [4.78, 5) is 42.5. The molecule has 0 unspecified atom stereocenters. The zero-order valence-corrected chi connectivity index (χ0v) is 18.6. The van der Waals surface area contributed by atoms with Crippen molar-refractivity contribution >= 4 is 46.3 Å². The molecule has 8 heteroatoms. The van der Waals surface area contributed by atoms with Gasteiger partial charge in [0.15, 0.2) is 4.77 Å². The fraction of sp³-hybridized carbons (Fsp3) is 0.120. The van der Waals surface area contributed by atoms with Gasteiger partial charge in [0.2, 0.25) is 5.91 Å². The van der Waals surface area contributed by atoms with Crippen molar-refractivity contribution in [3.63, 3.8) is 0 Å². The zero-order valence-electron chi connectivity index (χ0n) is 17.8. The second kappa shape index (κ2) is 8.14. The molecule has 33 heavy (non-hydrogen) atoms. The first-order chi connectivity index (χ1) is 15.9. The van der Waals surface area contributed by atoms with Crippen LogP contribution >= 0.6 is 12.2 Å². The van der Waals surface area contributed by atoms with E-state index in [1.807, 2.05) is 42.5 Å². The highest BCUT2D eigenvalue weighted by Gasteiger charge is 2.22. The van der Waals surface area contributed by atoms with Gasteiger partial charge in [0.25, 0.3) is 11.5 Å². The second-order valence-electron chi connectivity index (χ2n) is 7.88. The Morgan fingerprint density at radius 3 is 2.58 bits per heavy atom. The van der Waals surface area contributed by atoms with E-state index in [4.69, 9.17) is 12.2 Å². The minimum atomic E-state index is -0.301. The van der Waals surface area contributed by atoms with Gasteiger partial charge in [0, 0.05) is 30.4 Å². The lowest BCUT2D eigenvalue weighted by atomic mass is 10.1. The Hall–Kier alpha value is -4.04. The number of hydrogen-bond donors (Lipinski definition) is 2. The van der Waals surface area contributed by atoms with Crippen molar-refractivity contribution in [1.29, 1.82) is 0 Å². The third-order valence-electron chi connectivity index (χ3n) is 5.79.